The molecular formula is C16H12ClN3O4. The summed E-state index contributed by atoms with van der Waals surface area (Å²) in [7, 11) is 0. The van der Waals surface area contributed by atoms with E-state index in [2.05, 4.69) is 10.1 Å². The highest BCUT2D eigenvalue weighted by molar-refractivity contribution is 6.30. The Balaban J connectivity index is 2.26. The van der Waals surface area contributed by atoms with Crippen molar-refractivity contribution in [2.75, 3.05) is 0 Å². The number of carbonyl (C=O) groups is 1. The number of aliphatic hydroxyl groups is 1. The first-order chi connectivity index (χ1) is 11.5. The Labute approximate surface area is 140 Å². The van der Waals surface area contributed by atoms with Crippen molar-refractivity contribution in [1.82, 2.24) is 14.6 Å². The van der Waals surface area contributed by atoms with Gasteiger partial charge >= 0.3 is 5.97 Å². The lowest BCUT2D eigenvalue weighted by atomic mass is 10.1. The molecule has 0 bridgehead atoms. The number of nitrogens with zero attached hydrogens (tertiary/aromatic N) is 3. The van der Waals surface area contributed by atoms with E-state index in [1.165, 1.54) is 16.9 Å². The van der Waals surface area contributed by atoms with Crippen molar-refractivity contribution in [3.05, 3.63) is 57.3 Å². The van der Waals surface area contributed by atoms with Gasteiger partial charge in [-0.1, -0.05) is 23.7 Å². The number of hydrogen-bond donors (Lipinski definition) is 2. The van der Waals surface area contributed by atoms with Crippen molar-refractivity contribution >= 4 is 29.0 Å². The van der Waals surface area contributed by atoms with Crippen LogP contribution in [0.25, 0.3) is 22.5 Å². The predicted octanol–water partition coefficient (Wildman–Crippen LogP) is 1.66. The van der Waals surface area contributed by atoms with Crippen LogP contribution in [-0.4, -0.2) is 30.8 Å². The molecule has 0 atom stereocenters. The number of aliphatic carboxylic acids is 1. The molecule has 122 valence electrons. The molecule has 0 saturated carbocycles. The van der Waals surface area contributed by atoms with Gasteiger partial charge in [0.15, 0.2) is 11.0 Å². The van der Waals surface area contributed by atoms with Crippen molar-refractivity contribution in [3.8, 4) is 11.1 Å². The van der Waals surface area contributed by atoms with Crippen LogP contribution in [0.15, 0.2) is 41.5 Å². The number of rotatable bonds is 4. The summed E-state index contributed by atoms with van der Waals surface area (Å²) in [5.41, 5.74) is 1.10. The van der Waals surface area contributed by atoms with E-state index in [4.69, 9.17) is 16.7 Å². The molecule has 2 heterocycles. The third kappa shape index (κ3) is 2.93. The number of carboxylic acids is 1. The second-order valence-corrected chi connectivity index (χ2v) is 5.55. The molecule has 0 radical (unpaired) electrons. The van der Waals surface area contributed by atoms with E-state index < -0.39 is 11.4 Å². The van der Waals surface area contributed by atoms with Gasteiger partial charge in [-0.15, -0.1) is 0 Å². The van der Waals surface area contributed by atoms with Gasteiger partial charge in [0.1, 0.15) is 12.1 Å². The Morgan fingerprint density at radius 3 is 2.71 bits per heavy atom. The minimum Gasteiger partial charge on any atom is -0.510 e. The molecule has 0 saturated heterocycles. The van der Waals surface area contributed by atoms with Crippen molar-refractivity contribution in [2.24, 2.45) is 0 Å². The fourth-order valence-electron chi connectivity index (χ4n) is 2.43. The summed E-state index contributed by atoms with van der Waals surface area (Å²) in [5.74, 6) is -1.41. The van der Waals surface area contributed by atoms with Gasteiger partial charge in [-0.2, -0.15) is 5.10 Å². The lowest BCUT2D eigenvalue weighted by Gasteiger charge is -2.05. The Morgan fingerprint density at radius 2 is 2.00 bits per heavy atom. The molecule has 0 amide bonds. The first kappa shape index (κ1) is 15.9. The fraction of sp³-hybridized carbons (Fsp3) is 0.125. The highest BCUT2D eigenvalue weighted by atomic mass is 35.5. The summed E-state index contributed by atoms with van der Waals surface area (Å²) in [5, 5.41) is 23.2. The topological polar surface area (TPSA) is 105 Å². The molecule has 3 rings (SSSR count). The molecule has 8 heteroatoms. The van der Waals surface area contributed by atoms with Crippen LogP contribution in [0.1, 0.15) is 12.8 Å². The molecule has 0 unspecified atom stereocenters. The van der Waals surface area contributed by atoms with E-state index in [1.54, 1.807) is 24.3 Å². The summed E-state index contributed by atoms with van der Waals surface area (Å²) < 4.78 is 1.22. The molecule has 0 aliphatic carbocycles. The van der Waals surface area contributed by atoms with E-state index in [-0.39, 0.29) is 23.9 Å². The van der Waals surface area contributed by atoms with E-state index in [0.717, 1.165) is 0 Å². The summed E-state index contributed by atoms with van der Waals surface area (Å²) in [6.45, 7) is 0. The number of carboxylic acid groups (broad SMARTS) is 1. The van der Waals surface area contributed by atoms with E-state index in [0.29, 0.717) is 21.8 Å². The second kappa shape index (κ2) is 6.29. The predicted molar refractivity (Wildman–Crippen MR) is 87.8 cm³/mol. The third-order valence-corrected chi connectivity index (χ3v) is 3.73. The Bertz CT molecular complexity index is 1050. The first-order valence-electron chi connectivity index (χ1n) is 7.04. The fourth-order valence-corrected chi connectivity index (χ4v) is 2.62. The summed E-state index contributed by atoms with van der Waals surface area (Å²) in [4.78, 5) is 27.2. The normalized spacial score (nSPS) is 12.4. The van der Waals surface area contributed by atoms with Crippen molar-refractivity contribution in [3.63, 3.8) is 0 Å². The van der Waals surface area contributed by atoms with Crippen LogP contribution in [0.2, 0.25) is 5.02 Å². The Morgan fingerprint density at radius 1 is 1.21 bits per heavy atom. The summed E-state index contributed by atoms with van der Waals surface area (Å²) in [6, 6.07) is 8.27. The average molecular weight is 346 g/mol. The summed E-state index contributed by atoms with van der Waals surface area (Å²) in [6.07, 6.45) is 0.796. The van der Waals surface area contributed by atoms with Crippen LogP contribution in [0, 0.1) is 0 Å². The maximum Gasteiger partial charge on any atom is 0.303 e. The number of halogens is 1. The third-order valence-electron chi connectivity index (χ3n) is 3.49. The summed E-state index contributed by atoms with van der Waals surface area (Å²) >= 11 is 5.99. The molecule has 2 N–H and O–H groups in total. The monoisotopic (exact) mass is 345 g/mol. The molecule has 24 heavy (non-hydrogen) atoms. The number of hydrogen-bond acceptors (Lipinski definition) is 5. The van der Waals surface area contributed by atoms with Crippen molar-refractivity contribution in [1.29, 1.82) is 0 Å². The van der Waals surface area contributed by atoms with Gasteiger partial charge in [-0.3, -0.25) is 9.59 Å². The van der Waals surface area contributed by atoms with Crippen LogP contribution >= 0.6 is 11.6 Å². The zero-order chi connectivity index (χ0) is 17.3. The zero-order valence-electron chi connectivity index (χ0n) is 12.3. The Kier molecular flexibility index (Phi) is 4.18. The second-order valence-electron chi connectivity index (χ2n) is 5.12. The largest absolute Gasteiger partial charge is 0.510 e. The zero-order valence-corrected chi connectivity index (χ0v) is 13.1. The van der Waals surface area contributed by atoms with Crippen LogP contribution in [0.4, 0.5) is 0 Å². The number of benzene rings is 1. The van der Waals surface area contributed by atoms with E-state index in [9.17, 15) is 14.7 Å². The maximum absolute atomic E-state index is 12.4. The number of fused-ring (bicyclic) bond motifs is 1. The van der Waals surface area contributed by atoms with Crippen LogP contribution in [0.3, 0.4) is 0 Å². The standard InChI is InChI=1S/C16H12ClN3O4/c17-10-3-1-2-9(6-10)11-7-13(22)15(12(21)4-5-14(23)24)20-16(11)18-8-19-20/h1-3,6-8,21H,4-5H2,(H,23,24)/b15-12-. The van der Waals surface area contributed by atoms with Crippen molar-refractivity contribution < 1.29 is 15.0 Å². The lowest BCUT2D eigenvalue weighted by molar-refractivity contribution is -0.136. The molecule has 3 aromatic rings. The smallest absolute Gasteiger partial charge is 0.303 e. The van der Waals surface area contributed by atoms with Crippen molar-refractivity contribution in [2.45, 2.75) is 12.8 Å². The minimum absolute atomic E-state index is 0.0884. The molecule has 0 fully saturated rings. The number of aromatic nitrogens is 3. The van der Waals surface area contributed by atoms with Crippen LogP contribution < -0.4 is 10.8 Å². The van der Waals surface area contributed by atoms with Gasteiger partial charge < -0.3 is 10.2 Å². The van der Waals surface area contributed by atoms with Crippen LogP contribution in [0.5, 0.6) is 0 Å². The number of aliphatic hydroxyl groups excluding tert-OH is 1. The van der Waals surface area contributed by atoms with Crippen LogP contribution in [-0.2, 0) is 4.79 Å². The minimum atomic E-state index is -1.07. The lowest BCUT2D eigenvalue weighted by Crippen LogP contribution is -2.34. The quantitative estimate of drug-likeness (QED) is 0.745. The molecule has 0 spiro atoms. The van der Waals surface area contributed by atoms with Gasteiger partial charge in [-0.05, 0) is 23.8 Å². The van der Waals surface area contributed by atoms with Gasteiger partial charge in [0.2, 0.25) is 5.43 Å². The van der Waals surface area contributed by atoms with E-state index in [1.807, 2.05) is 0 Å². The highest BCUT2D eigenvalue weighted by Crippen LogP contribution is 2.24. The Hall–Kier alpha value is -2.93. The van der Waals surface area contributed by atoms with Gasteiger partial charge in [-0.25, -0.2) is 9.50 Å². The maximum atomic E-state index is 12.4. The molecule has 0 aliphatic heterocycles. The molecular weight excluding hydrogens is 334 g/mol. The molecule has 0 aliphatic rings. The SMILES string of the molecule is O=C(O)CC/C(O)=c1\c(=O)cc(-c2cccc(Cl)c2)c2ncnn12. The highest BCUT2D eigenvalue weighted by Gasteiger charge is 2.14. The molecule has 1 aromatic carbocycles. The van der Waals surface area contributed by atoms with Gasteiger partial charge in [0, 0.05) is 17.0 Å². The molecule has 7 nitrogen and oxygen atoms in total. The van der Waals surface area contributed by atoms with E-state index >= 15 is 0 Å². The average Bonchev–Trinajstić information content (AvgIpc) is 3.01. The number of pyridine rings is 1. The van der Waals surface area contributed by atoms with Gasteiger partial charge in [0.25, 0.3) is 0 Å². The van der Waals surface area contributed by atoms with Gasteiger partial charge in [0.05, 0.1) is 6.42 Å². The first-order valence-corrected chi connectivity index (χ1v) is 7.42. The molecule has 2 aromatic heterocycles.